The van der Waals surface area contributed by atoms with E-state index in [-0.39, 0.29) is 0 Å². The van der Waals surface area contributed by atoms with Crippen LogP contribution in [0.5, 0.6) is 0 Å². The molecule has 0 radical (unpaired) electrons. The third-order valence-electron chi connectivity index (χ3n) is 2.69. The van der Waals surface area contributed by atoms with Gasteiger partial charge in [-0.25, -0.2) is 4.68 Å². The summed E-state index contributed by atoms with van der Waals surface area (Å²) in [6, 6.07) is 10.3. The van der Waals surface area contributed by atoms with E-state index >= 15 is 0 Å². The highest BCUT2D eigenvalue weighted by atomic mass is 32.2. The zero-order valence-corrected chi connectivity index (χ0v) is 11.5. The van der Waals surface area contributed by atoms with Crippen molar-refractivity contribution in [2.75, 3.05) is 18.1 Å². The van der Waals surface area contributed by atoms with E-state index in [2.05, 4.69) is 35.5 Å². The van der Waals surface area contributed by atoms with Gasteiger partial charge in [-0.05, 0) is 23.4 Å². The average molecular weight is 261 g/mol. The van der Waals surface area contributed by atoms with E-state index in [1.807, 2.05) is 41.0 Å². The van der Waals surface area contributed by atoms with Crippen LogP contribution in [0.4, 0.5) is 0 Å². The zero-order chi connectivity index (χ0) is 12.6. The summed E-state index contributed by atoms with van der Waals surface area (Å²) in [6.07, 6.45) is 3.79. The van der Waals surface area contributed by atoms with E-state index in [4.69, 9.17) is 0 Å². The summed E-state index contributed by atoms with van der Waals surface area (Å²) in [5, 5.41) is 7.77. The fourth-order valence-corrected chi connectivity index (χ4v) is 2.38. The molecule has 0 aliphatic carbocycles. The minimum atomic E-state index is 0.889. The molecule has 2 aromatic rings. The Bertz CT molecular complexity index is 454. The number of aromatic nitrogens is 2. The molecule has 96 valence electrons. The number of hydrogen-bond donors (Lipinski definition) is 1. The smallest absolute Gasteiger partial charge is 0.0690 e. The highest BCUT2D eigenvalue weighted by Crippen LogP contribution is 2.13. The second kappa shape index (κ2) is 7.24. The molecule has 4 heteroatoms. The standard InChI is InChI=1S/C14H19N3S/c1-2-18-11-9-15-12-13-6-3-4-7-14(13)17-10-5-8-16-17/h3-8,10,15H,2,9,11-12H2,1H3. The van der Waals surface area contributed by atoms with Crippen LogP contribution in [0, 0.1) is 0 Å². The molecular weight excluding hydrogens is 242 g/mol. The molecule has 3 nitrogen and oxygen atoms in total. The van der Waals surface area contributed by atoms with Gasteiger partial charge < -0.3 is 5.32 Å². The van der Waals surface area contributed by atoms with Gasteiger partial charge in [0.2, 0.25) is 0 Å². The molecule has 1 aromatic carbocycles. The van der Waals surface area contributed by atoms with E-state index in [1.165, 1.54) is 17.1 Å². The lowest BCUT2D eigenvalue weighted by molar-refractivity contribution is 0.721. The average Bonchev–Trinajstić information content (AvgIpc) is 2.93. The Morgan fingerprint density at radius 1 is 1.28 bits per heavy atom. The Morgan fingerprint density at radius 2 is 2.17 bits per heavy atom. The third-order valence-corrected chi connectivity index (χ3v) is 3.59. The van der Waals surface area contributed by atoms with Crippen LogP contribution in [-0.4, -0.2) is 27.8 Å². The van der Waals surface area contributed by atoms with Crippen LogP contribution in [0.2, 0.25) is 0 Å². The summed E-state index contributed by atoms with van der Waals surface area (Å²) >= 11 is 1.97. The molecule has 1 N–H and O–H groups in total. The van der Waals surface area contributed by atoms with Gasteiger partial charge in [-0.3, -0.25) is 0 Å². The zero-order valence-electron chi connectivity index (χ0n) is 10.7. The Balaban J connectivity index is 1.96. The van der Waals surface area contributed by atoms with Crippen LogP contribution in [0.25, 0.3) is 5.69 Å². The van der Waals surface area contributed by atoms with Gasteiger partial charge in [0.15, 0.2) is 0 Å². The SMILES string of the molecule is CCSCCNCc1ccccc1-n1cccn1. The molecule has 0 saturated heterocycles. The predicted molar refractivity (Wildman–Crippen MR) is 78.3 cm³/mol. The fraction of sp³-hybridized carbons (Fsp3) is 0.357. The van der Waals surface area contributed by atoms with Crippen LogP contribution in [0.3, 0.4) is 0 Å². The van der Waals surface area contributed by atoms with Crippen molar-refractivity contribution in [2.45, 2.75) is 13.5 Å². The number of nitrogens with zero attached hydrogens (tertiary/aromatic N) is 2. The number of thioether (sulfide) groups is 1. The maximum atomic E-state index is 4.29. The molecule has 2 rings (SSSR count). The van der Waals surface area contributed by atoms with E-state index < -0.39 is 0 Å². The fourth-order valence-electron chi connectivity index (χ4n) is 1.81. The molecule has 1 aromatic heterocycles. The molecule has 0 amide bonds. The molecule has 0 spiro atoms. The van der Waals surface area contributed by atoms with E-state index in [1.54, 1.807) is 0 Å². The van der Waals surface area contributed by atoms with Crippen molar-refractivity contribution >= 4 is 11.8 Å². The largest absolute Gasteiger partial charge is 0.312 e. The number of para-hydroxylation sites is 1. The molecule has 0 atom stereocenters. The summed E-state index contributed by atoms with van der Waals surface area (Å²) < 4.78 is 1.91. The summed E-state index contributed by atoms with van der Waals surface area (Å²) in [7, 11) is 0. The molecule has 0 aliphatic rings. The van der Waals surface area contributed by atoms with Crippen molar-refractivity contribution in [3.05, 3.63) is 48.3 Å². The first-order valence-corrected chi connectivity index (χ1v) is 7.43. The quantitative estimate of drug-likeness (QED) is 0.777. The first-order valence-electron chi connectivity index (χ1n) is 6.28. The first kappa shape index (κ1) is 13.2. The predicted octanol–water partition coefficient (Wildman–Crippen LogP) is 2.72. The Kier molecular flexibility index (Phi) is 5.30. The second-order valence-corrected chi connectivity index (χ2v) is 5.35. The lowest BCUT2D eigenvalue weighted by Crippen LogP contribution is -2.18. The van der Waals surface area contributed by atoms with Gasteiger partial charge in [-0.2, -0.15) is 16.9 Å². The molecule has 0 aliphatic heterocycles. The summed E-state index contributed by atoms with van der Waals surface area (Å²) in [4.78, 5) is 0. The van der Waals surface area contributed by atoms with Crippen molar-refractivity contribution in [2.24, 2.45) is 0 Å². The number of benzene rings is 1. The summed E-state index contributed by atoms with van der Waals surface area (Å²) in [6.45, 7) is 4.13. The Morgan fingerprint density at radius 3 is 2.94 bits per heavy atom. The molecule has 18 heavy (non-hydrogen) atoms. The second-order valence-electron chi connectivity index (χ2n) is 3.95. The maximum absolute atomic E-state index is 4.29. The monoisotopic (exact) mass is 261 g/mol. The number of rotatable bonds is 7. The van der Waals surface area contributed by atoms with Crippen molar-refractivity contribution in [1.82, 2.24) is 15.1 Å². The van der Waals surface area contributed by atoms with Gasteiger partial charge in [0.05, 0.1) is 5.69 Å². The molecule has 0 bridgehead atoms. The van der Waals surface area contributed by atoms with Crippen LogP contribution in [0.15, 0.2) is 42.7 Å². The van der Waals surface area contributed by atoms with Gasteiger partial charge in [-0.15, -0.1) is 0 Å². The normalized spacial score (nSPS) is 10.7. The van der Waals surface area contributed by atoms with Gasteiger partial charge in [0.25, 0.3) is 0 Å². The minimum Gasteiger partial charge on any atom is -0.312 e. The Labute approximate surface area is 113 Å². The van der Waals surface area contributed by atoms with Crippen molar-refractivity contribution in [3.8, 4) is 5.69 Å². The van der Waals surface area contributed by atoms with Gasteiger partial charge in [0, 0.05) is 31.2 Å². The molecule has 0 fully saturated rings. The molecule has 0 saturated carbocycles. The van der Waals surface area contributed by atoms with Crippen molar-refractivity contribution < 1.29 is 0 Å². The molecule has 1 heterocycles. The first-order chi connectivity index (χ1) is 8.92. The lowest BCUT2D eigenvalue weighted by Gasteiger charge is -2.10. The van der Waals surface area contributed by atoms with Gasteiger partial charge in [0.1, 0.15) is 0 Å². The van der Waals surface area contributed by atoms with E-state index in [0.717, 1.165) is 18.8 Å². The van der Waals surface area contributed by atoms with Crippen molar-refractivity contribution in [3.63, 3.8) is 0 Å². The topological polar surface area (TPSA) is 29.9 Å². The highest BCUT2D eigenvalue weighted by Gasteiger charge is 2.03. The number of hydrogen-bond acceptors (Lipinski definition) is 3. The van der Waals surface area contributed by atoms with Gasteiger partial charge >= 0.3 is 0 Å². The highest BCUT2D eigenvalue weighted by molar-refractivity contribution is 7.99. The van der Waals surface area contributed by atoms with E-state index in [9.17, 15) is 0 Å². The Hall–Kier alpha value is -1.26. The van der Waals surface area contributed by atoms with Crippen LogP contribution in [-0.2, 0) is 6.54 Å². The summed E-state index contributed by atoms with van der Waals surface area (Å²) in [5.74, 6) is 2.35. The number of nitrogens with one attached hydrogen (secondary N) is 1. The third kappa shape index (κ3) is 3.62. The van der Waals surface area contributed by atoms with E-state index in [0.29, 0.717) is 0 Å². The van der Waals surface area contributed by atoms with Gasteiger partial charge in [-0.1, -0.05) is 25.1 Å². The molecular formula is C14H19N3S. The lowest BCUT2D eigenvalue weighted by atomic mass is 10.2. The van der Waals surface area contributed by atoms with Crippen LogP contribution < -0.4 is 5.32 Å². The van der Waals surface area contributed by atoms with Crippen LogP contribution >= 0.6 is 11.8 Å². The maximum Gasteiger partial charge on any atom is 0.0690 e. The minimum absolute atomic E-state index is 0.889. The summed E-state index contributed by atoms with van der Waals surface area (Å²) in [5.41, 5.74) is 2.43. The van der Waals surface area contributed by atoms with Crippen LogP contribution in [0.1, 0.15) is 12.5 Å². The molecule has 0 unspecified atom stereocenters. The van der Waals surface area contributed by atoms with Crippen molar-refractivity contribution in [1.29, 1.82) is 0 Å².